The summed E-state index contributed by atoms with van der Waals surface area (Å²) in [5.74, 6) is -1.18. The maximum Gasteiger partial charge on any atom is 0.416 e. The van der Waals surface area contributed by atoms with Crippen LogP contribution in [0.25, 0.3) is 0 Å². The van der Waals surface area contributed by atoms with Gasteiger partial charge in [0.2, 0.25) is 5.82 Å². The van der Waals surface area contributed by atoms with Gasteiger partial charge in [0.05, 0.1) is 23.5 Å². The van der Waals surface area contributed by atoms with E-state index in [9.17, 15) is 22.8 Å². The van der Waals surface area contributed by atoms with E-state index in [1.54, 1.807) is 6.07 Å². The lowest BCUT2D eigenvalue weighted by molar-refractivity contribution is -0.137. The predicted octanol–water partition coefficient (Wildman–Crippen LogP) is 3.28. The third-order valence-corrected chi connectivity index (χ3v) is 4.63. The number of fused-ring (bicyclic) bond motifs is 1. The summed E-state index contributed by atoms with van der Waals surface area (Å²) in [5, 5.41) is 6.75. The van der Waals surface area contributed by atoms with Crippen LogP contribution >= 0.6 is 13.5 Å². The largest absolute Gasteiger partial charge is 0.416 e. The van der Waals surface area contributed by atoms with Crippen LogP contribution in [-0.2, 0) is 6.18 Å². The summed E-state index contributed by atoms with van der Waals surface area (Å²) in [5.41, 5.74) is -0.195. The van der Waals surface area contributed by atoms with E-state index in [4.69, 9.17) is 0 Å². The van der Waals surface area contributed by atoms with E-state index < -0.39 is 23.6 Å². The van der Waals surface area contributed by atoms with Gasteiger partial charge < -0.3 is 10.2 Å². The molecule has 31 heavy (non-hydrogen) atoms. The Balaban J connectivity index is 0.00000272. The number of halogens is 3. The summed E-state index contributed by atoms with van der Waals surface area (Å²) in [6.45, 7) is 2.03. The fourth-order valence-electron chi connectivity index (χ4n) is 3.20. The van der Waals surface area contributed by atoms with Crippen LogP contribution in [0.15, 0.2) is 48.9 Å². The summed E-state index contributed by atoms with van der Waals surface area (Å²) in [6.07, 6.45) is -0.294. The average molecular weight is 450 g/mol. The summed E-state index contributed by atoms with van der Waals surface area (Å²) >= 11 is 0. The fraction of sp³-hybridized carbons (Fsp3) is 0.211. The average Bonchev–Trinajstić information content (AvgIpc) is 3.15. The highest BCUT2D eigenvalue weighted by atomic mass is 32.1. The van der Waals surface area contributed by atoms with Crippen molar-refractivity contribution >= 4 is 36.7 Å². The lowest BCUT2D eigenvalue weighted by Gasteiger charge is -2.32. The van der Waals surface area contributed by atoms with Crippen molar-refractivity contribution in [3.8, 4) is 0 Å². The maximum atomic E-state index is 13.1. The van der Waals surface area contributed by atoms with Gasteiger partial charge in [-0.25, -0.2) is 9.97 Å². The molecule has 1 N–H and O–H groups in total. The maximum absolute atomic E-state index is 13.1. The van der Waals surface area contributed by atoms with Crippen molar-refractivity contribution in [1.82, 2.24) is 19.7 Å². The van der Waals surface area contributed by atoms with Crippen molar-refractivity contribution in [2.45, 2.75) is 19.1 Å². The van der Waals surface area contributed by atoms with Gasteiger partial charge in [-0.3, -0.25) is 14.3 Å². The number of alkyl halides is 3. The van der Waals surface area contributed by atoms with Gasteiger partial charge in [0, 0.05) is 24.6 Å². The molecule has 8 nitrogen and oxygen atoms in total. The minimum absolute atomic E-state index is 0. The van der Waals surface area contributed by atoms with Crippen molar-refractivity contribution in [3.63, 3.8) is 0 Å². The number of amides is 2. The van der Waals surface area contributed by atoms with E-state index >= 15 is 0 Å². The summed E-state index contributed by atoms with van der Waals surface area (Å²) < 4.78 is 40.0. The molecule has 2 aromatic heterocycles. The van der Waals surface area contributed by atoms with E-state index in [0.29, 0.717) is 5.69 Å². The number of aromatic nitrogens is 4. The first-order chi connectivity index (χ1) is 14.3. The van der Waals surface area contributed by atoms with E-state index in [-0.39, 0.29) is 43.3 Å². The van der Waals surface area contributed by atoms with Gasteiger partial charge in [-0.1, -0.05) is 0 Å². The Hall–Kier alpha value is -3.41. The van der Waals surface area contributed by atoms with Crippen LogP contribution in [-0.4, -0.2) is 38.1 Å². The Bertz CT molecular complexity index is 1100. The monoisotopic (exact) mass is 450 g/mol. The highest BCUT2D eigenvalue weighted by Gasteiger charge is 2.35. The molecule has 3 aromatic rings. The molecule has 0 unspecified atom stereocenters. The number of nitrogens with zero attached hydrogens (tertiary/aromatic N) is 5. The van der Waals surface area contributed by atoms with Crippen molar-refractivity contribution in [1.29, 1.82) is 0 Å². The summed E-state index contributed by atoms with van der Waals surface area (Å²) in [4.78, 5) is 34.5. The molecule has 12 heteroatoms. The first kappa shape index (κ1) is 22.3. The molecule has 0 fully saturated rings. The number of nitrogens with one attached hydrogen (secondary N) is 1. The number of carbonyl (C=O) groups excluding carboxylic acids is 2. The first-order valence-electron chi connectivity index (χ1n) is 8.90. The lowest BCUT2D eigenvalue weighted by Crippen LogP contribution is -2.43. The van der Waals surface area contributed by atoms with Gasteiger partial charge in [0.15, 0.2) is 5.69 Å². The highest BCUT2D eigenvalue weighted by Crippen LogP contribution is 2.33. The third-order valence-electron chi connectivity index (χ3n) is 4.63. The SMILES string of the molecule is C[C@H]1CN(c2ccc(C(F)(F)F)cc2)C(=O)c2c(NC(=O)c3ncccn3)cnn21.S. The zero-order valence-electron chi connectivity index (χ0n) is 16.1. The molecule has 0 saturated heterocycles. The Labute approximate surface area is 181 Å². The lowest BCUT2D eigenvalue weighted by atomic mass is 10.1. The van der Waals surface area contributed by atoms with Crippen LogP contribution in [0.4, 0.5) is 24.5 Å². The van der Waals surface area contributed by atoms with Crippen LogP contribution < -0.4 is 10.2 Å². The van der Waals surface area contributed by atoms with E-state index in [1.807, 2.05) is 6.92 Å². The van der Waals surface area contributed by atoms with E-state index in [2.05, 4.69) is 20.4 Å². The second-order valence-corrected chi connectivity index (χ2v) is 6.69. The minimum atomic E-state index is -4.46. The Kier molecular flexibility index (Phi) is 6.02. The molecule has 1 atom stereocenters. The van der Waals surface area contributed by atoms with Gasteiger partial charge in [0.1, 0.15) is 0 Å². The van der Waals surface area contributed by atoms with Crippen molar-refractivity contribution < 1.29 is 22.8 Å². The number of hydrogen-bond acceptors (Lipinski definition) is 5. The van der Waals surface area contributed by atoms with Crippen molar-refractivity contribution in [2.24, 2.45) is 0 Å². The molecule has 0 bridgehead atoms. The zero-order valence-corrected chi connectivity index (χ0v) is 17.1. The Morgan fingerprint density at radius 3 is 2.42 bits per heavy atom. The molecule has 0 saturated carbocycles. The smallest absolute Gasteiger partial charge is 0.316 e. The molecule has 4 rings (SSSR count). The first-order valence-corrected chi connectivity index (χ1v) is 8.90. The third kappa shape index (κ3) is 4.24. The number of carbonyl (C=O) groups is 2. The normalized spacial score (nSPS) is 15.8. The van der Waals surface area contributed by atoms with E-state index in [1.165, 1.54) is 40.3 Å². The van der Waals surface area contributed by atoms with Gasteiger partial charge in [-0.15, -0.1) is 0 Å². The molecule has 3 heterocycles. The topological polar surface area (TPSA) is 93.0 Å². The number of anilines is 2. The van der Waals surface area contributed by atoms with Crippen molar-refractivity contribution in [3.05, 3.63) is 66.0 Å². The number of hydrogen-bond donors (Lipinski definition) is 1. The molecule has 162 valence electrons. The highest BCUT2D eigenvalue weighted by molar-refractivity contribution is 7.59. The van der Waals surface area contributed by atoms with Gasteiger partial charge in [-0.05, 0) is 37.3 Å². The Morgan fingerprint density at radius 2 is 1.81 bits per heavy atom. The minimum Gasteiger partial charge on any atom is -0.316 e. The second-order valence-electron chi connectivity index (χ2n) is 6.69. The predicted molar refractivity (Wildman–Crippen MR) is 110 cm³/mol. The van der Waals surface area contributed by atoms with E-state index in [0.717, 1.165) is 12.1 Å². The molecule has 0 radical (unpaired) electrons. The number of benzene rings is 1. The van der Waals surface area contributed by atoms with Crippen LogP contribution in [0.5, 0.6) is 0 Å². The van der Waals surface area contributed by atoms with Crippen LogP contribution in [0.1, 0.15) is 39.6 Å². The summed E-state index contributed by atoms with van der Waals surface area (Å²) in [7, 11) is 0. The molecule has 1 aliphatic rings. The van der Waals surface area contributed by atoms with Crippen molar-refractivity contribution in [2.75, 3.05) is 16.8 Å². The zero-order chi connectivity index (χ0) is 21.5. The van der Waals surface area contributed by atoms with Crippen LogP contribution in [0.2, 0.25) is 0 Å². The molecule has 0 spiro atoms. The fourth-order valence-corrected chi connectivity index (χ4v) is 3.20. The van der Waals surface area contributed by atoms with Gasteiger partial charge in [0.25, 0.3) is 11.8 Å². The molecular weight excluding hydrogens is 433 g/mol. The molecule has 1 aromatic carbocycles. The van der Waals surface area contributed by atoms with Gasteiger partial charge >= 0.3 is 6.18 Å². The summed E-state index contributed by atoms with van der Waals surface area (Å²) in [6, 6.07) is 5.64. The Morgan fingerprint density at radius 1 is 1.16 bits per heavy atom. The molecule has 0 aliphatic carbocycles. The van der Waals surface area contributed by atoms with Crippen LogP contribution in [0, 0.1) is 0 Å². The quantitative estimate of drug-likeness (QED) is 0.661. The molecular formula is C19H17F3N6O2S. The standard InChI is InChI=1S/C19H15F3N6O2.H2S/c1-11-10-27(13-5-3-12(4-6-13)19(20,21)22)18(30)15-14(9-25-28(11)15)26-17(29)16-23-7-2-8-24-16;/h2-9,11H,10H2,1H3,(H,26,29);1H2/t11-;/m0./s1. The second kappa shape index (κ2) is 8.38. The number of rotatable bonds is 3. The molecule has 1 aliphatic heterocycles. The van der Waals surface area contributed by atoms with Gasteiger partial charge in [-0.2, -0.15) is 31.8 Å². The molecule has 2 amide bonds. The van der Waals surface area contributed by atoms with Crippen LogP contribution in [0.3, 0.4) is 0 Å².